The zero-order valence-electron chi connectivity index (χ0n) is 10.6. The van der Waals surface area contributed by atoms with E-state index in [1.54, 1.807) is 0 Å². The first-order chi connectivity index (χ1) is 8.23. The summed E-state index contributed by atoms with van der Waals surface area (Å²) in [4.78, 5) is 14.6. The highest BCUT2D eigenvalue weighted by Crippen LogP contribution is 2.11. The molecule has 1 aromatic heterocycles. The molecule has 102 valence electrons. The van der Waals surface area contributed by atoms with Crippen LogP contribution in [0.15, 0.2) is 6.33 Å². The summed E-state index contributed by atoms with van der Waals surface area (Å²) in [5.74, 6) is -2.40. The molecule has 1 aromatic rings. The van der Waals surface area contributed by atoms with E-state index in [1.165, 1.54) is 17.9 Å². The first kappa shape index (κ1) is 14.6. The van der Waals surface area contributed by atoms with Crippen molar-refractivity contribution in [2.24, 2.45) is 5.92 Å². The molecule has 0 fully saturated rings. The van der Waals surface area contributed by atoms with Gasteiger partial charge < -0.3 is 5.11 Å². The van der Waals surface area contributed by atoms with E-state index < -0.39 is 27.5 Å². The van der Waals surface area contributed by atoms with Crippen LogP contribution in [0.25, 0.3) is 0 Å². The summed E-state index contributed by atoms with van der Waals surface area (Å²) in [6, 6.07) is 0.00889. The zero-order valence-corrected chi connectivity index (χ0v) is 11.4. The molecule has 0 saturated heterocycles. The number of carboxylic acid groups (broad SMARTS) is 1. The lowest BCUT2D eigenvalue weighted by Crippen LogP contribution is -2.23. The molecule has 1 unspecified atom stereocenters. The van der Waals surface area contributed by atoms with Gasteiger partial charge in [0.25, 0.3) is 0 Å². The Labute approximate surface area is 106 Å². The van der Waals surface area contributed by atoms with E-state index >= 15 is 0 Å². The van der Waals surface area contributed by atoms with E-state index in [2.05, 4.69) is 10.1 Å². The summed E-state index contributed by atoms with van der Waals surface area (Å²) in [6.45, 7) is 5.10. The fourth-order valence-corrected chi connectivity index (χ4v) is 3.14. The number of aliphatic carboxylic acids is 1. The van der Waals surface area contributed by atoms with Gasteiger partial charge in [0.05, 0.1) is 11.7 Å². The Hall–Kier alpha value is -1.44. The van der Waals surface area contributed by atoms with Crippen molar-refractivity contribution in [1.82, 2.24) is 14.8 Å². The lowest BCUT2D eigenvalue weighted by molar-refractivity contribution is -0.140. The Bertz CT molecular complexity index is 521. The van der Waals surface area contributed by atoms with Crippen LogP contribution < -0.4 is 0 Å². The van der Waals surface area contributed by atoms with Gasteiger partial charge in [0, 0.05) is 6.04 Å². The van der Waals surface area contributed by atoms with Crippen molar-refractivity contribution in [2.45, 2.75) is 32.6 Å². The molecule has 7 nitrogen and oxygen atoms in total. The first-order valence-electron chi connectivity index (χ1n) is 5.54. The summed E-state index contributed by atoms with van der Waals surface area (Å²) in [5, 5.41) is 12.7. The Morgan fingerprint density at radius 3 is 2.56 bits per heavy atom. The van der Waals surface area contributed by atoms with Gasteiger partial charge in [-0.1, -0.05) is 6.92 Å². The van der Waals surface area contributed by atoms with Crippen LogP contribution in [0, 0.1) is 5.92 Å². The standard InChI is InChI=1S/C10H17N3O4S/c1-7(2)13-9(11-6-12-13)5-18(16,17)4-8(3)10(14)15/h6-8H,4-5H2,1-3H3,(H,14,15). The fourth-order valence-electron chi connectivity index (χ4n) is 1.52. The Morgan fingerprint density at radius 2 is 2.06 bits per heavy atom. The zero-order chi connectivity index (χ0) is 13.9. The van der Waals surface area contributed by atoms with E-state index in [0.717, 1.165) is 0 Å². The first-order valence-corrected chi connectivity index (χ1v) is 7.36. The SMILES string of the molecule is CC(CS(=O)(=O)Cc1ncnn1C(C)C)C(=O)O. The highest BCUT2D eigenvalue weighted by atomic mass is 32.2. The third-order valence-corrected chi connectivity index (χ3v) is 4.12. The van der Waals surface area contributed by atoms with E-state index in [-0.39, 0.29) is 11.8 Å². The van der Waals surface area contributed by atoms with Crippen LogP contribution in [0.3, 0.4) is 0 Å². The fraction of sp³-hybridized carbons (Fsp3) is 0.700. The van der Waals surface area contributed by atoms with E-state index in [1.807, 2.05) is 13.8 Å². The number of hydrogen-bond acceptors (Lipinski definition) is 5. The van der Waals surface area contributed by atoms with Crippen molar-refractivity contribution < 1.29 is 18.3 Å². The van der Waals surface area contributed by atoms with Crippen LogP contribution in [-0.2, 0) is 20.4 Å². The summed E-state index contributed by atoms with van der Waals surface area (Å²) >= 11 is 0. The predicted molar refractivity (Wildman–Crippen MR) is 64.7 cm³/mol. The number of rotatable bonds is 6. The number of sulfone groups is 1. The Morgan fingerprint density at radius 1 is 1.44 bits per heavy atom. The molecule has 1 heterocycles. The van der Waals surface area contributed by atoms with Crippen molar-refractivity contribution in [2.75, 3.05) is 5.75 Å². The number of aromatic nitrogens is 3. The van der Waals surface area contributed by atoms with E-state index in [0.29, 0.717) is 5.82 Å². The number of nitrogens with zero attached hydrogens (tertiary/aromatic N) is 3. The van der Waals surface area contributed by atoms with Crippen molar-refractivity contribution in [1.29, 1.82) is 0 Å². The summed E-state index contributed by atoms with van der Waals surface area (Å²) in [6.07, 6.45) is 1.30. The molecule has 0 aliphatic carbocycles. The van der Waals surface area contributed by atoms with Gasteiger partial charge in [-0.2, -0.15) is 5.10 Å². The number of carboxylic acids is 1. The average molecular weight is 275 g/mol. The molecule has 0 saturated carbocycles. The Balaban J connectivity index is 2.83. The van der Waals surface area contributed by atoms with Crippen LogP contribution in [0.5, 0.6) is 0 Å². The normalized spacial score (nSPS) is 13.8. The molecule has 0 aliphatic rings. The highest BCUT2D eigenvalue weighted by Gasteiger charge is 2.23. The van der Waals surface area contributed by atoms with Gasteiger partial charge >= 0.3 is 5.97 Å². The molecule has 0 aromatic carbocycles. The van der Waals surface area contributed by atoms with Gasteiger partial charge in [0.15, 0.2) is 9.84 Å². The molecular weight excluding hydrogens is 258 g/mol. The topological polar surface area (TPSA) is 102 Å². The molecule has 1 rings (SSSR count). The molecule has 0 bridgehead atoms. The predicted octanol–water partition coefficient (Wildman–Crippen LogP) is 0.494. The van der Waals surface area contributed by atoms with Gasteiger partial charge in [-0.25, -0.2) is 18.1 Å². The third-order valence-electron chi connectivity index (χ3n) is 2.41. The second kappa shape index (κ2) is 5.47. The van der Waals surface area contributed by atoms with E-state index in [4.69, 9.17) is 5.11 Å². The highest BCUT2D eigenvalue weighted by molar-refractivity contribution is 7.90. The lowest BCUT2D eigenvalue weighted by atomic mass is 10.2. The van der Waals surface area contributed by atoms with Gasteiger partial charge in [-0.15, -0.1) is 0 Å². The summed E-state index contributed by atoms with van der Waals surface area (Å²) in [7, 11) is -3.51. The minimum atomic E-state index is -3.51. The van der Waals surface area contributed by atoms with Gasteiger partial charge in [-0.05, 0) is 13.8 Å². The van der Waals surface area contributed by atoms with Crippen LogP contribution in [-0.4, -0.2) is 40.0 Å². The molecule has 0 radical (unpaired) electrons. The quantitative estimate of drug-likeness (QED) is 0.810. The third kappa shape index (κ3) is 3.80. The number of carbonyl (C=O) groups is 1. The van der Waals surface area contributed by atoms with Crippen molar-refractivity contribution in [3.63, 3.8) is 0 Å². The maximum Gasteiger partial charge on any atom is 0.307 e. The molecule has 18 heavy (non-hydrogen) atoms. The summed E-state index contributed by atoms with van der Waals surface area (Å²) < 4.78 is 25.2. The largest absolute Gasteiger partial charge is 0.481 e. The average Bonchev–Trinajstić information content (AvgIpc) is 2.63. The Kier molecular flexibility index (Phi) is 4.44. The minimum Gasteiger partial charge on any atom is -0.481 e. The monoisotopic (exact) mass is 275 g/mol. The van der Waals surface area contributed by atoms with Crippen LogP contribution in [0.4, 0.5) is 0 Å². The van der Waals surface area contributed by atoms with Crippen LogP contribution >= 0.6 is 0 Å². The van der Waals surface area contributed by atoms with Crippen molar-refractivity contribution in [3.05, 3.63) is 12.2 Å². The number of hydrogen-bond donors (Lipinski definition) is 1. The smallest absolute Gasteiger partial charge is 0.307 e. The summed E-state index contributed by atoms with van der Waals surface area (Å²) in [5.41, 5.74) is 0. The molecule has 0 spiro atoms. The molecular formula is C10H17N3O4S. The van der Waals surface area contributed by atoms with Crippen LogP contribution in [0.2, 0.25) is 0 Å². The maximum atomic E-state index is 11.8. The molecule has 1 N–H and O–H groups in total. The van der Waals surface area contributed by atoms with Crippen LogP contribution in [0.1, 0.15) is 32.6 Å². The van der Waals surface area contributed by atoms with E-state index in [9.17, 15) is 13.2 Å². The lowest BCUT2D eigenvalue weighted by Gasteiger charge is -2.11. The van der Waals surface area contributed by atoms with Crippen molar-refractivity contribution >= 4 is 15.8 Å². The molecule has 8 heteroatoms. The minimum absolute atomic E-state index is 0.00889. The molecule has 0 aliphatic heterocycles. The van der Waals surface area contributed by atoms with Gasteiger partial charge in [0.1, 0.15) is 17.9 Å². The van der Waals surface area contributed by atoms with Gasteiger partial charge in [-0.3, -0.25) is 4.79 Å². The maximum absolute atomic E-state index is 11.8. The second-order valence-electron chi connectivity index (χ2n) is 4.51. The molecule has 0 amide bonds. The van der Waals surface area contributed by atoms with Crippen molar-refractivity contribution in [3.8, 4) is 0 Å². The van der Waals surface area contributed by atoms with Gasteiger partial charge in [0.2, 0.25) is 0 Å². The molecule has 1 atom stereocenters. The second-order valence-corrected chi connectivity index (χ2v) is 6.62.